The highest BCUT2D eigenvalue weighted by molar-refractivity contribution is 4.92. The lowest BCUT2D eigenvalue weighted by Crippen LogP contribution is -2.34. The Bertz CT molecular complexity index is 804. The summed E-state index contributed by atoms with van der Waals surface area (Å²) < 4.78 is 0. The first kappa shape index (κ1) is 33.2. The van der Waals surface area contributed by atoms with Crippen LogP contribution in [0, 0.1) is 82.9 Å². The number of hydrogen-bond donors (Lipinski definition) is 0. The Morgan fingerprint density at radius 3 is 0.587 bits per heavy atom. The third kappa shape index (κ3) is 9.01. The summed E-state index contributed by atoms with van der Waals surface area (Å²) in [4.78, 5) is 0. The molecule has 0 N–H and O–H groups in total. The molecule has 262 valence electrons. The molecule has 0 heterocycles. The molecule has 0 nitrogen and oxygen atoms in total. The second-order valence-electron chi connectivity index (χ2n) is 20.5. The minimum absolute atomic E-state index is 1.17. The molecule has 6 unspecified atom stereocenters. The van der Waals surface area contributed by atoms with Crippen LogP contribution in [-0.4, -0.2) is 0 Å². The summed E-state index contributed by atoms with van der Waals surface area (Å²) in [6.07, 6.45) is 49.9. The Hall–Kier alpha value is 0. The van der Waals surface area contributed by atoms with Crippen molar-refractivity contribution in [2.45, 2.75) is 205 Å². The van der Waals surface area contributed by atoms with Gasteiger partial charge >= 0.3 is 0 Å². The average Bonchev–Trinajstić information content (AvgIpc) is 3.51. The van der Waals surface area contributed by atoms with Crippen LogP contribution in [0.4, 0.5) is 0 Å². The largest absolute Gasteiger partial charge is 0.0530 e. The van der Waals surface area contributed by atoms with Gasteiger partial charge < -0.3 is 0 Å². The fourth-order valence-corrected chi connectivity index (χ4v) is 13.1. The van der Waals surface area contributed by atoms with Crippen LogP contribution >= 0.6 is 0 Å². The van der Waals surface area contributed by atoms with Gasteiger partial charge in [0.1, 0.15) is 0 Å². The first-order chi connectivity index (χ1) is 22.7. The van der Waals surface area contributed by atoms with Gasteiger partial charge in [-0.25, -0.2) is 0 Å². The van der Waals surface area contributed by atoms with E-state index in [1.165, 1.54) is 115 Å². The lowest BCUT2D eigenvalue weighted by atomic mass is 9.60. The SMILES string of the molecule is C1CC2CC(C1)C2.C1CC2CC1C2.C1CC2CC2C1.C1CC2CCC12.C1CC2CCC1C2.C1CC2CCC2C1.C1CCC2CC2C1. The minimum Gasteiger partial charge on any atom is -0.0530 e. The highest BCUT2D eigenvalue weighted by atomic mass is 14.5. The zero-order valence-electron chi connectivity index (χ0n) is 30.7. The molecule has 16 aliphatic carbocycles. The van der Waals surface area contributed by atoms with Crippen molar-refractivity contribution in [3.8, 4) is 0 Å². The zero-order valence-corrected chi connectivity index (χ0v) is 30.7. The zero-order chi connectivity index (χ0) is 30.7. The Kier molecular flexibility index (Phi) is 11.5. The lowest BCUT2D eigenvalue weighted by molar-refractivity contribution is 0.0548. The van der Waals surface area contributed by atoms with Gasteiger partial charge in [-0.2, -0.15) is 0 Å². The summed E-state index contributed by atoms with van der Waals surface area (Å²) in [5, 5.41) is 0. The fourth-order valence-electron chi connectivity index (χ4n) is 13.1. The van der Waals surface area contributed by atoms with E-state index >= 15 is 0 Å². The molecule has 0 aromatic heterocycles. The normalized spacial score (nSPS) is 49.6. The number of fused-ring (bicyclic) bond motifs is 9. The van der Waals surface area contributed by atoms with E-state index in [0.717, 1.165) is 0 Å². The Morgan fingerprint density at radius 1 is 0.152 bits per heavy atom. The van der Waals surface area contributed by atoms with Gasteiger partial charge in [-0.15, -0.1) is 0 Å². The number of hydrogen-bond acceptors (Lipinski definition) is 0. The first-order valence-corrected chi connectivity index (χ1v) is 22.7. The molecule has 0 spiro atoms. The monoisotopic (exact) mass is 631 g/mol. The smallest absolute Gasteiger partial charge is 0.0383 e. The molecule has 0 saturated heterocycles. The molecule has 16 aliphatic rings. The maximum atomic E-state index is 1.58. The van der Waals surface area contributed by atoms with Crippen LogP contribution in [0.1, 0.15) is 205 Å². The fraction of sp³-hybridized carbons (Fsp3) is 1.00. The van der Waals surface area contributed by atoms with E-state index in [9.17, 15) is 0 Å². The molecule has 0 aliphatic heterocycles. The molecule has 0 amide bonds. The molecular formula is C46H78. The second-order valence-corrected chi connectivity index (χ2v) is 20.5. The van der Waals surface area contributed by atoms with Crippen LogP contribution in [0.5, 0.6) is 0 Å². The van der Waals surface area contributed by atoms with Gasteiger partial charge in [-0.3, -0.25) is 0 Å². The highest BCUT2D eigenvalue weighted by Gasteiger charge is 2.41. The molecule has 0 aromatic rings. The van der Waals surface area contributed by atoms with Gasteiger partial charge in [0.05, 0.1) is 0 Å². The van der Waals surface area contributed by atoms with Gasteiger partial charge in [0.2, 0.25) is 0 Å². The Morgan fingerprint density at radius 2 is 0.413 bits per heavy atom. The molecule has 0 radical (unpaired) electrons. The van der Waals surface area contributed by atoms with Crippen LogP contribution in [0.2, 0.25) is 0 Å². The topological polar surface area (TPSA) is 0 Å². The van der Waals surface area contributed by atoms with E-state index in [1.807, 2.05) is 0 Å². The van der Waals surface area contributed by atoms with Crippen molar-refractivity contribution in [3.05, 3.63) is 0 Å². The quantitative estimate of drug-likeness (QED) is 0.250. The van der Waals surface area contributed by atoms with Gasteiger partial charge in [0, 0.05) is 0 Å². The lowest BCUT2D eigenvalue weighted by Gasteiger charge is -2.46. The molecule has 6 bridgehead atoms. The standard InChI is InChI=1S/4C7H12.3C6H10/c1-2-7-4-3-6(1)5-7;1-2-6-4-7(3-1)5-6;1-2-6-4-5-7(6)3-1;1-2-4-7-5-6(7)3-1;1-2-6-3-5(1)4-6;1-2-6-4-3-5(1)6;1-2-5-4-6(5)3-1/h4*6-7H,1-5H2;3*5-6H,1-4H2. The van der Waals surface area contributed by atoms with E-state index in [2.05, 4.69) is 0 Å². The van der Waals surface area contributed by atoms with Gasteiger partial charge in [0.25, 0.3) is 0 Å². The average molecular weight is 631 g/mol. The second kappa shape index (κ2) is 15.9. The van der Waals surface area contributed by atoms with Crippen molar-refractivity contribution < 1.29 is 0 Å². The molecule has 16 saturated carbocycles. The molecule has 0 heteroatoms. The van der Waals surface area contributed by atoms with E-state index in [-0.39, 0.29) is 0 Å². The predicted molar refractivity (Wildman–Crippen MR) is 197 cm³/mol. The summed E-state index contributed by atoms with van der Waals surface area (Å²) in [5.41, 5.74) is 0. The van der Waals surface area contributed by atoms with Gasteiger partial charge in [-0.05, 0) is 166 Å². The van der Waals surface area contributed by atoms with Crippen LogP contribution < -0.4 is 0 Å². The van der Waals surface area contributed by atoms with E-state index in [0.29, 0.717) is 0 Å². The van der Waals surface area contributed by atoms with Crippen LogP contribution in [0.25, 0.3) is 0 Å². The first-order valence-electron chi connectivity index (χ1n) is 22.7. The van der Waals surface area contributed by atoms with Gasteiger partial charge in [-0.1, -0.05) is 122 Å². The molecule has 46 heavy (non-hydrogen) atoms. The molecule has 16 rings (SSSR count). The minimum atomic E-state index is 1.17. The van der Waals surface area contributed by atoms with E-state index in [4.69, 9.17) is 0 Å². The Labute approximate surface area is 287 Å². The highest BCUT2D eigenvalue weighted by Crippen LogP contribution is 2.52. The van der Waals surface area contributed by atoms with E-state index in [1.54, 1.807) is 173 Å². The Balaban J connectivity index is 0.0000000792. The molecule has 0 aromatic carbocycles. The van der Waals surface area contributed by atoms with Crippen molar-refractivity contribution in [1.82, 2.24) is 0 Å². The number of rotatable bonds is 0. The molecule has 16 fully saturated rings. The summed E-state index contributed by atoms with van der Waals surface area (Å²) in [6.45, 7) is 0. The third-order valence-corrected chi connectivity index (χ3v) is 17.4. The van der Waals surface area contributed by atoms with Crippen molar-refractivity contribution in [2.75, 3.05) is 0 Å². The van der Waals surface area contributed by atoms with Crippen molar-refractivity contribution >= 4 is 0 Å². The van der Waals surface area contributed by atoms with Crippen molar-refractivity contribution in [1.29, 1.82) is 0 Å². The molecular weight excluding hydrogens is 553 g/mol. The summed E-state index contributed by atoms with van der Waals surface area (Å²) in [6, 6.07) is 0. The van der Waals surface area contributed by atoms with Crippen molar-refractivity contribution in [3.63, 3.8) is 0 Å². The maximum absolute atomic E-state index is 1.58. The summed E-state index contributed by atoms with van der Waals surface area (Å²) in [5.74, 6) is 16.7. The maximum Gasteiger partial charge on any atom is -0.0383 e. The summed E-state index contributed by atoms with van der Waals surface area (Å²) in [7, 11) is 0. The molecule has 6 atom stereocenters. The van der Waals surface area contributed by atoms with Gasteiger partial charge in [0.15, 0.2) is 0 Å². The van der Waals surface area contributed by atoms with Crippen LogP contribution in [0.3, 0.4) is 0 Å². The summed E-state index contributed by atoms with van der Waals surface area (Å²) >= 11 is 0. The predicted octanol–water partition coefficient (Wildman–Crippen LogP) is 14.2. The van der Waals surface area contributed by atoms with Crippen LogP contribution in [0.15, 0.2) is 0 Å². The third-order valence-electron chi connectivity index (χ3n) is 17.4. The van der Waals surface area contributed by atoms with E-state index < -0.39 is 0 Å². The van der Waals surface area contributed by atoms with Crippen molar-refractivity contribution in [2.24, 2.45) is 82.9 Å². The van der Waals surface area contributed by atoms with Crippen LogP contribution in [-0.2, 0) is 0 Å².